The van der Waals surface area contributed by atoms with Crippen LogP contribution in [-0.2, 0) is 19.9 Å². The van der Waals surface area contributed by atoms with Gasteiger partial charge in [0.15, 0.2) is 0 Å². The number of morpholine rings is 1. The fourth-order valence-corrected chi connectivity index (χ4v) is 4.39. The fourth-order valence-electron chi connectivity index (χ4n) is 3.66. The van der Waals surface area contributed by atoms with Gasteiger partial charge in [-0.2, -0.15) is 11.3 Å². The lowest BCUT2D eigenvalue weighted by atomic mass is 9.77. The number of rotatable bonds is 3. The molecule has 2 saturated heterocycles. The van der Waals surface area contributed by atoms with Gasteiger partial charge in [0, 0.05) is 25.2 Å². The molecule has 0 radical (unpaired) electrons. The van der Waals surface area contributed by atoms with Crippen molar-refractivity contribution >= 4 is 28.7 Å². The molecule has 4 rings (SSSR count). The number of ketones is 1. The van der Waals surface area contributed by atoms with Crippen molar-refractivity contribution in [1.29, 1.82) is 0 Å². The minimum Gasteiger partial charge on any atom is -0.378 e. The first-order valence-corrected chi connectivity index (χ1v) is 9.40. The Morgan fingerprint density at radius 2 is 1.80 bits per heavy atom. The van der Waals surface area contributed by atoms with Gasteiger partial charge >= 0.3 is 0 Å². The van der Waals surface area contributed by atoms with Crippen LogP contribution in [0.1, 0.15) is 24.0 Å². The first-order chi connectivity index (χ1) is 12.2. The summed E-state index contributed by atoms with van der Waals surface area (Å²) in [6.45, 7) is 3.24. The maximum atomic E-state index is 12.2. The van der Waals surface area contributed by atoms with E-state index in [1.54, 1.807) is 11.3 Å². The molecule has 25 heavy (non-hydrogen) atoms. The molecule has 5 nitrogen and oxygen atoms in total. The predicted octanol–water partition coefficient (Wildman–Crippen LogP) is 2.31. The van der Waals surface area contributed by atoms with Crippen LogP contribution in [0.15, 0.2) is 41.1 Å². The van der Waals surface area contributed by atoms with E-state index in [1.165, 1.54) is 0 Å². The van der Waals surface area contributed by atoms with Gasteiger partial charge in [-0.15, -0.1) is 0 Å². The van der Waals surface area contributed by atoms with Crippen molar-refractivity contribution in [3.05, 3.63) is 52.2 Å². The number of nitrogens with one attached hydrogen (secondary N) is 1. The van der Waals surface area contributed by atoms with Crippen LogP contribution in [0.5, 0.6) is 0 Å². The van der Waals surface area contributed by atoms with Crippen molar-refractivity contribution in [3.63, 3.8) is 0 Å². The van der Waals surface area contributed by atoms with Crippen LogP contribution in [0.3, 0.4) is 0 Å². The number of Topliss-reactive ketones (excluding diaryl/α,β-unsaturated/α-hetero) is 1. The van der Waals surface area contributed by atoms with E-state index < -0.39 is 5.54 Å². The molecule has 130 valence electrons. The Kier molecular flexibility index (Phi) is 4.31. The molecule has 1 N–H and O–H groups in total. The van der Waals surface area contributed by atoms with Gasteiger partial charge in [0.05, 0.1) is 25.2 Å². The van der Waals surface area contributed by atoms with E-state index in [4.69, 9.17) is 4.74 Å². The number of anilines is 1. The minimum atomic E-state index is -0.754. The number of hydrogen-bond acceptors (Lipinski definition) is 5. The third-order valence-electron chi connectivity index (χ3n) is 4.92. The van der Waals surface area contributed by atoms with Gasteiger partial charge in [-0.1, -0.05) is 12.1 Å². The lowest BCUT2D eigenvalue weighted by Gasteiger charge is -2.38. The predicted molar refractivity (Wildman–Crippen MR) is 97.0 cm³/mol. The molecular formula is C19H20N2O3S. The Labute approximate surface area is 150 Å². The van der Waals surface area contributed by atoms with Crippen LogP contribution in [-0.4, -0.2) is 38.0 Å². The summed E-state index contributed by atoms with van der Waals surface area (Å²) in [4.78, 5) is 26.6. The van der Waals surface area contributed by atoms with E-state index in [0.29, 0.717) is 6.42 Å². The first kappa shape index (κ1) is 16.3. The molecular weight excluding hydrogens is 336 g/mol. The number of carbonyl (C=O) groups is 2. The highest BCUT2D eigenvalue weighted by Gasteiger charge is 2.42. The van der Waals surface area contributed by atoms with Crippen LogP contribution >= 0.6 is 11.3 Å². The smallest absolute Gasteiger partial charge is 0.228 e. The Balaban J connectivity index is 1.70. The van der Waals surface area contributed by atoms with Gasteiger partial charge in [-0.25, -0.2) is 0 Å². The number of benzene rings is 1. The van der Waals surface area contributed by atoms with Crippen molar-refractivity contribution in [2.45, 2.75) is 18.4 Å². The summed E-state index contributed by atoms with van der Waals surface area (Å²) in [5.41, 5.74) is 2.30. The summed E-state index contributed by atoms with van der Waals surface area (Å²) >= 11 is 1.57. The molecule has 2 aliphatic heterocycles. The zero-order valence-corrected chi connectivity index (χ0v) is 14.7. The van der Waals surface area contributed by atoms with Gasteiger partial charge in [-0.3, -0.25) is 9.59 Å². The molecule has 1 atom stereocenters. The molecule has 0 unspecified atom stereocenters. The summed E-state index contributed by atoms with van der Waals surface area (Å²) in [5, 5.41) is 7.08. The molecule has 0 bridgehead atoms. The van der Waals surface area contributed by atoms with Crippen molar-refractivity contribution in [2.24, 2.45) is 0 Å². The van der Waals surface area contributed by atoms with E-state index in [-0.39, 0.29) is 18.1 Å². The average Bonchev–Trinajstić information content (AvgIpc) is 3.17. The van der Waals surface area contributed by atoms with E-state index >= 15 is 0 Å². The molecule has 1 aromatic carbocycles. The summed E-state index contributed by atoms with van der Waals surface area (Å²) in [5.74, 6) is -0.230. The number of thiophene rings is 1. The normalized spacial score (nSPS) is 24.2. The average molecular weight is 356 g/mol. The number of carbonyl (C=O) groups excluding carboxylic acids is 2. The molecule has 1 aromatic heterocycles. The molecule has 2 fully saturated rings. The number of nitrogens with zero attached hydrogens (tertiary/aromatic N) is 1. The quantitative estimate of drug-likeness (QED) is 0.858. The molecule has 3 heterocycles. The summed E-state index contributed by atoms with van der Waals surface area (Å²) in [6.07, 6.45) is 0.268. The van der Waals surface area contributed by atoms with Crippen LogP contribution in [0, 0.1) is 0 Å². The van der Waals surface area contributed by atoms with Crippen molar-refractivity contribution in [2.75, 3.05) is 31.2 Å². The monoisotopic (exact) mass is 356 g/mol. The van der Waals surface area contributed by atoms with E-state index in [9.17, 15) is 9.59 Å². The number of hydrogen-bond donors (Lipinski definition) is 1. The second-order valence-corrected chi connectivity index (χ2v) is 7.28. The Bertz CT molecular complexity index is 748. The van der Waals surface area contributed by atoms with Gasteiger partial charge in [0.1, 0.15) is 5.78 Å². The Hall–Kier alpha value is -2.18. The largest absolute Gasteiger partial charge is 0.378 e. The zero-order valence-electron chi connectivity index (χ0n) is 13.9. The molecule has 0 spiro atoms. The second kappa shape index (κ2) is 6.61. The number of piperidine rings is 1. The lowest BCUT2D eigenvalue weighted by molar-refractivity contribution is -0.133. The topological polar surface area (TPSA) is 58.6 Å². The fraction of sp³-hybridized carbons (Fsp3) is 0.368. The zero-order chi connectivity index (χ0) is 17.3. The van der Waals surface area contributed by atoms with E-state index in [1.807, 2.05) is 29.0 Å². The van der Waals surface area contributed by atoms with Gasteiger partial charge < -0.3 is 15.0 Å². The third kappa shape index (κ3) is 3.07. The highest BCUT2D eigenvalue weighted by atomic mass is 32.1. The Morgan fingerprint density at radius 3 is 2.44 bits per heavy atom. The molecule has 2 aromatic rings. The van der Waals surface area contributed by atoms with Crippen LogP contribution in [0.25, 0.3) is 0 Å². The van der Waals surface area contributed by atoms with E-state index in [0.717, 1.165) is 43.1 Å². The number of ether oxygens (including phenoxy) is 1. The second-order valence-electron chi connectivity index (χ2n) is 6.50. The van der Waals surface area contributed by atoms with E-state index in [2.05, 4.69) is 22.3 Å². The molecule has 2 aliphatic rings. The molecule has 6 heteroatoms. The van der Waals surface area contributed by atoms with Gasteiger partial charge in [-0.05, 0) is 40.1 Å². The molecule has 1 amide bonds. The van der Waals surface area contributed by atoms with Crippen molar-refractivity contribution in [3.8, 4) is 0 Å². The van der Waals surface area contributed by atoms with Crippen molar-refractivity contribution in [1.82, 2.24) is 5.32 Å². The summed E-state index contributed by atoms with van der Waals surface area (Å²) < 4.78 is 5.40. The van der Waals surface area contributed by atoms with Crippen LogP contribution in [0.4, 0.5) is 5.69 Å². The van der Waals surface area contributed by atoms with Crippen molar-refractivity contribution < 1.29 is 14.3 Å². The lowest BCUT2D eigenvalue weighted by Crippen LogP contribution is -2.52. The third-order valence-corrected chi connectivity index (χ3v) is 5.61. The minimum absolute atomic E-state index is 0.0211. The van der Waals surface area contributed by atoms with Crippen LogP contribution in [0.2, 0.25) is 0 Å². The Morgan fingerprint density at radius 1 is 1.04 bits per heavy atom. The summed E-state index contributed by atoms with van der Waals surface area (Å²) in [6, 6.07) is 10.2. The summed E-state index contributed by atoms with van der Waals surface area (Å²) in [7, 11) is 0. The maximum absolute atomic E-state index is 12.2. The first-order valence-electron chi connectivity index (χ1n) is 8.46. The van der Waals surface area contributed by atoms with Gasteiger partial charge in [0.25, 0.3) is 0 Å². The highest BCUT2D eigenvalue weighted by Crippen LogP contribution is 2.38. The van der Waals surface area contributed by atoms with Gasteiger partial charge in [0.2, 0.25) is 5.91 Å². The standard InChI is InChI=1S/C19H20N2O3S/c22-17-11-18(23)20-19(12-17,15-5-10-25-13-15)14-1-3-16(4-2-14)21-6-8-24-9-7-21/h1-5,10,13H,6-9,11-12H2,(H,20,23)/t19-/m0/s1. The SMILES string of the molecule is O=C1CC(=O)N[C@@](c2ccc(N3CCOCC3)cc2)(c2ccsc2)C1. The maximum Gasteiger partial charge on any atom is 0.228 e. The molecule has 0 saturated carbocycles. The number of amides is 1. The highest BCUT2D eigenvalue weighted by molar-refractivity contribution is 7.08. The van der Waals surface area contributed by atoms with Crippen LogP contribution < -0.4 is 10.2 Å². The molecule has 0 aliphatic carbocycles.